The van der Waals surface area contributed by atoms with Gasteiger partial charge in [0, 0.05) is 39.8 Å². The third-order valence-electron chi connectivity index (χ3n) is 7.37. The van der Waals surface area contributed by atoms with Gasteiger partial charge in [0.15, 0.2) is 0 Å². The largest absolute Gasteiger partial charge is 0.416 e. The third kappa shape index (κ3) is 7.42. The van der Waals surface area contributed by atoms with E-state index in [4.69, 9.17) is 27.9 Å². The van der Waals surface area contributed by atoms with Crippen LogP contribution in [0.4, 0.5) is 26.3 Å². The van der Waals surface area contributed by atoms with Crippen molar-refractivity contribution in [2.45, 2.75) is 50.4 Å². The van der Waals surface area contributed by atoms with E-state index in [2.05, 4.69) is 4.98 Å². The molecule has 1 aliphatic rings. The monoisotopic (exact) mass is 640 g/mol. The van der Waals surface area contributed by atoms with Crippen LogP contribution >= 0.6 is 23.2 Å². The molecule has 226 valence electrons. The number of benzene rings is 3. The summed E-state index contributed by atoms with van der Waals surface area (Å²) in [5.74, 6) is -0.941. The summed E-state index contributed by atoms with van der Waals surface area (Å²) in [6.07, 6.45) is -8.02. The van der Waals surface area contributed by atoms with Gasteiger partial charge in [0.25, 0.3) is 5.91 Å². The fraction of sp³-hybridized carbons (Fsp3) is 0.290. The number of fused-ring (bicyclic) bond motifs is 1. The number of aromatic nitrogens is 1. The van der Waals surface area contributed by atoms with Gasteiger partial charge in [-0.25, -0.2) is 0 Å². The average molecular weight is 641 g/mol. The first kappa shape index (κ1) is 31.1. The predicted octanol–water partition coefficient (Wildman–Crippen LogP) is 9.01. The van der Waals surface area contributed by atoms with Crippen molar-refractivity contribution >= 4 is 40.0 Å². The Bertz CT molecular complexity index is 1610. The van der Waals surface area contributed by atoms with Crippen LogP contribution in [0.2, 0.25) is 10.0 Å². The van der Waals surface area contributed by atoms with Crippen molar-refractivity contribution in [2.24, 2.45) is 0 Å². The fourth-order valence-corrected chi connectivity index (χ4v) is 5.71. The number of carbonyl (C=O) groups is 1. The Kier molecular flexibility index (Phi) is 8.92. The summed E-state index contributed by atoms with van der Waals surface area (Å²) in [6, 6.07) is 14.7. The van der Waals surface area contributed by atoms with E-state index in [1.54, 1.807) is 18.3 Å². The van der Waals surface area contributed by atoms with E-state index in [1.165, 1.54) is 11.0 Å². The number of halogens is 8. The molecule has 1 fully saturated rings. The molecule has 0 radical (unpaired) electrons. The number of likely N-dealkylation sites (tertiary alicyclic amines) is 1. The Morgan fingerprint density at radius 2 is 1.63 bits per heavy atom. The molecule has 1 amide bonds. The molecule has 0 aliphatic carbocycles. The number of nitrogens with zero attached hydrogens (tertiary/aromatic N) is 2. The summed E-state index contributed by atoms with van der Waals surface area (Å²) in [7, 11) is 0. The van der Waals surface area contributed by atoms with Gasteiger partial charge in [0.05, 0.1) is 29.4 Å². The highest BCUT2D eigenvalue weighted by molar-refractivity contribution is 6.35. The molecule has 5 rings (SSSR count). The van der Waals surface area contributed by atoms with Crippen molar-refractivity contribution in [2.75, 3.05) is 6.54 Å². The molecule has 0 spiro atoms. The second kappa shape index (κ2) is 12.3. The van der Waals surface area contributed by atoms with Gasteiger partial charge in [-0.05, 0) is 72.9 Å². The molecule has 0 N–H and O–H groups in total. The first-order valence-corrected chi connectivity index (χ1v) is 14.0. The molecule has 2 heterocycles. The topological polar surface area (TPSA) is 42.4 Å². The van der Waals surface area contributed by atoms with E-state index >= 15 is 0 Å². The SMILES string of the molecule is O=C(c1cc(C(F)(F)F)cc(C(F)(F)F)c1)N1CC[C@H](OCc2cnc3ccccc3c2)C[C@H]1Cc1ccc(Cl)cc1Cl. The molecule has 1 saturated heterocycles. The number of hydrogen-bond donors (Lipinski definition) is 0. The van der Waals surface area contributed by atoms with E-state index in [-0.39, 0.29) is 38.2 Å². The number of pyridine rings is 1. The quantitative estimate of drug-likeness (QED) is 0.198. The molecule has 2 atom stereocenters. The van der Waals surface area contributed by atoms with Gasteiger partial charge in [-0.3, -0.25) is 9.78 Å². The summed E-state index contributed by atoms with van der Waals surface area (Å²) in [5, 5.41) is 1.65. The van der Waals surface area contributed by atoms with E-state index in [9.17, 15) is 31.1 Å². The standard InChI is InChI=1S/C31H24Cl2F6N2O2/c32-24-6-5-19(27(33)14-24)12-25-15-26(43-17-18-9-20-3-1-2-4-28(20)40-16-18)7-8-41(25)29(42)21-10-22(30(34,35)36)13-23(11-21)31(37,38)39/h1-6,9-11,13-14,16,25-26H,7-8,12,15,17H2/t25-,26+/m1/s1. The van der Waals surface area contributed by atoms with Crippen LogP contribution < -0.4 is 0 Å². The van der Waals surface area contributed by atoms with E-state index in [0.717, 1.165) is 16.5 Å². The second-order valence-electron chi connectivity index (χ2n) is 10.4. The maximum absolute atomic E-state index is 13.6. The minimum atomic E-state index is -5.08. The highest BCUT2D eigenvalue weighted by Gasteiger charge is 2.39. The Hall–Kier alpha value is -3.34. The molecule has 1 aromatic heterocycles. The van der Waals surface area contributed by atoms with Crippen molar-refractivity contribution in [3.63, 3.8) is 0 Å². The minimum absolute atomic E-state index is 0.00344. The van der Waals surface area contributed by atoms with Crippen LogP contribution in [0.3, 0.4) is 0 Å². The maximum atomic E-state index is 13.6. The van der Waals surface area contributed by atoms with E-state index < -0.39 is 41.0 Å². The molecule has 4 nitrogen and oxygen atoms in total. The van der Waals surface area contributed by atoms with Crippen LogP contribution in [0, 0.1) is 0 Å². The molecular weight excluding hydrogens is 617 g/mol. The Labute approximate surface area is 253 Å². The summed E-state index contributed by atoms with van der Waals surface area (Å²) in [5.41, 5.74) is -1.51. The molecule has 1 aliphatic heterocycles. The number of carbonyl (C=O) groups excluding carboxylic acids is 1. The fourth-order valence-electron chi connectivity index (χ4n) is 5.22. The molecular formula is C31H24Cl2F6N2O2. The zero-order chi connectivity index (χ0) is 30.9. The lowest BCUT2D eigenvalue weighted by atomic mass is 9.92. The number of piperidine rings is 1. The van der Waals surface area contributed by atoms with Gasteiger partial charge in [-0.2, -0.15) is 26.3 Å². The number of amides is 1. The first-order chi connectivity index (χ1) is 20.3. The predicted molar refractivity (Wildman–Crippen MR) is 151 cm³/mol. The van der Waals surface area contributed by atoms with Crippen LogP contribution in [0.15, 0.2) is 72.9 Å². The van der Waals surface area contributed by atoms with Crippen LogP contribution in [-0.4, -0.2) is 34.5 Å². The molecule has 0 saturated carbocycles. The molecule has 0 unspecified atom stereocenters. The Morgan fingerprint density at radius 3 is 2.30 bits per heavy atom. The lowest BCUT2D eigenvalue weighted by molar-refractivity contribution is -0.143. The van der Waals surface area contributed by atoms with Crippen LogP contribution in [-0.2, 0) is 30.1 Å². The van der Waals surface area contributed by atoms with Crippen LogP contribution in [0.5, 0.6) is 0 Å². The highest BCUT2D eigenvalue weighted by Crippen LogP contribution is 2.37. The number of alkyl halides is 6. The number of rotatable bonds is 6. The average Bonchev–Trinajstić information content (AvgIpc) is 2.96. The van der Waals surface area contributed by atoms with Crippen molar-refractivity contribution < 1.29 is 35.9 Å². The second-order valence-corrected chi connectivity index (χ2v) is 11.2. The van der Waals surface area contributed by atoms with Crippen molar-refractivity contribution in [1.29, 1.82) is 0 Å². The number of para-hydroxylation sites is 1. The van der Waals surface area contributed by atoms with Gasteiger partial charge in [-0.1, -0.05) is 47.5 Å². The van der Waals surface area contributed by atoms with Gasteiger partial charge < -0.3 is 9.64 Å². The van der Waals surface area contributed by atoms with Gasteiger partial charge in [0.1, 0.15) is 0 Å². The maximum Gasteiger partial charge on any atom is 0.416 e. The normalized spacial score (nSPS) is 17.8. The lowest BCUT2D eigenvalue weighted by Crippen LogP contribution is -2.49. The minimum Gasteiger partial charge on any atom is -0.373 e. The smallest absolute Gasteiger partial charge is 0.373 e. The van der Waals surface area contributed by atoms with Crippen molar-refractivity contribution in [3.05, 3.63) is 111 Å². The lowest BCUT2D eigenvalue weighted by Gasteiger charge is -2.40. The number of ether oxygens (including phenoxy) is 1. The highest BCUT2D eigenvalue weighted by atomic mass is 35.5. The van der Waals surface area contributed by atoms with E-state index in [0.29, 0.717) is 34.2 Å². The summed E-state index contributed by atoms with van der Waals surface area (Å²) in [4.78, 5) is 19.3. The molecule has 0 bridgehead atoms. The van der Waals surface area contributed by atoms with Gasteiger partial charge in [0.2, 0.25) is 0 Å². The number of hydrogen-bond acceptors (Lipinski definition) is 3. The molecule has 43 heavy (non-hydrogen) atoms. The third-order valence-corrected chi connectivity index (χ3v) is 7.95. The van der Waals surface area contributed by atoms with Crippen molar-refractivity contribution in [1.82, 2.24) is 9.88 Å². The Morgan fingerprint density at radius 1 is 0.930 bits per heavy atom. The van der Waals surface area contributed by atoms with Gasteiger partial charge >= 0.3 is 12.4 Å². The molecule has 4 aromatic rings. The first-order valence-electron chi connectivity index (χ1n) is 13.3. The molecule has 3 aromatic carbocycles. The summed E-state index contributed by atoms with van der Waals surface area (Å²) in [6.45, 7) is 0.278. The van der Waals surface area contributed by atoms with Crippen LogP contribution in [0.25, 0.3) is 10.9 Å². The zero-order valence-electron chi connectivity index (χ0n) is 22.4. The zero-order valence-corrected chi connectivity index (χ0v) is 23.9. The molecule has 12 heteroatoms. The Balaban J connectivity index is 1.41. The van der Waals surface area contributed by atoms with Crippen molar-refractivity contribution in [3.8, 4) is 0 Å². The van der Waals surface area contributed by atoms with Gasteiger partial charge in [-0.15, -0.1) is 0 Å². The van der Waals surface area contributed by atoms with Crippen LogP contribution in [0.1, 0.15) is 45.5 Å². The summed E-state index contributed by atoms with van der Waals surface area (Å²) >= 11 is 12.4. The summed E-state index contributed by atoms with van der Waals surface area (Å²) < 4.78 is 87.2. The van der Waals surface area contributed by atoms with E-state index in [1.807, 2.05) is 30.3 Å².